The molecule has 0 aliphatic carbocycles. The molecule has 9 heteroatoms. The van der Waals surface area contributed by atoms with Crippen LogP contribution in [0.2, 0.25) is 0 Å². The van der Waals surface area contributed by atoms with Crippen molar-refractivity contribution >= 4 is 27.5 Å². The van der Waals surface area contributed by atoms with Gasteiger partial charge in [-0.1, -0.05) is 60.7 Å². The predicted octanol–water partition coefficient (Wildman–Crippen LogP) is 4.76. The van der Waals surface area contributed by atoms with Crippen LogP contribution in [0.25, 0.3) is 0 Å². The van der Waals surface area contributed by atoms with E-state index in [4.69, 9.17) is 0 Å². The minimum atomic E-state index is -3.61. The van der Waals surface area contributed by atoms with Crippen LogP contribution in [-0.2, 0) is 32.6 Å². The van der Waals surface area contributed by atoms with Crippen molar-refractivity contribution in [3.63, 3.8) is 0 Å². The van der Waals surface area contributed by atoms with Gasteiger partial charge in [0.25, 0.3) is 0 Å². The van der Waals surface area contributed by atoms with Gasteiger partial charge >= 0.3 is 0 Å². The first-order chi connectivity index (χ1) is 19.0. The van der Waals surface area contributed by atoms with E-state index in [0.29, 0.717) is 17.8 Å². The number of nitrogens with zero attached hydrogens (tertiary/aromatic N) is 2. The number of carbonyl (C=O) groups excluding carboxylic acids is 2. The average molecular weight is 568 g/mol. The highest BCUT2D eigenvalue weighted by atomic mass is 32.2. The van der Waals surface area contributed by atoms with E-state index in [2.05, 4.69) is 5.32 Å². The maximum atomic E-state index is 14.7. The Morgan fingerprint density at radius 1 is 0.975 bits per heavy atom. The lowest BCUT2D eigenvalue weighted by atomic mass is 10.0. The summed E-state index contributed by atoms with van der Waals surface area (Å²) in [6, 6.07) is 20.3. The van der Waals surface area contributed by atoms with Gasteiger partial charge in [0.2, 0.25) is 21.8 Å². The molecule has 3 aromatic carbocycles. The third kappa shape index (κ3) is 8.39. The van der Waals surface area contributed by atoms with Gasteiger partial charge in [0.05, 0.1) is 11.9 Å². The van der Waals surface area contributed by atoms with E-state index in [9.17, 15) is 22.4 Å². The van der Waals surface area contributed by atoms with Crippen LogP contribution >= 0.6 is 0 Å². The second kappa shape index (κ2) is 14.1. The van der Waals surface area contributed by atoms with Crippen LogP contribution in [-0.4, -0.2) is 50.5 Å². The summed E-state index contributed by atoms with van der Waals surface area (Å²) in [5.41, 5.74) is 3.46. The molecule has 0 aliphatic rings. The van der Waals surface area contributed by atoms with Gasteiger partial charge < -0.3 is 10.2 Å². The molecule has 40 heavy (non-hydrogen) atoms. The first-order valence-electron chi connectivity index (χ1n) is 13.4. The Kier molecular flexibility index (Phi) is 10.8. The number of halogens is 1. The molecule has 214 valence electrons. The molecule has 0 heterocycles. The number of benzene rings is 3. The van der Waals surface area contributed by atoms with Crippen LogP contribution in [0.5, 0.6) is 0 Å². The number of anilines is 1. The lowest BCUT2D eigenvalue weighted by Gasteiger charge is -2.32. The van der Waals surface area contributed by atoms with Crippen molar-refractivity contribution in [1.29, 1.82) is 0 Å². The minimum absolute atomic E-state index is 0.0178. The van der Waals surface area contributed by atoms with Crippen molar-refractivity contribution < 1.29 is 22.4 Å². The molecular formula is C31H38FN3O4S. The van der Waals surface area contributed by atoms with Gasteiger partial charge in [0, 0.05) is 38.0 Å². The molecule has 0 fully saturated rings. The monoisotopic (exact) mass is 567 g/mol. The summed E-state index contributed by atoms with van der Waals surface area (Å²) in [7, 11) is -3.61. The van der Waals surface area contributed by atoms with Gasteiger partial charge in [-0.25, -0.2) is 12.8 Å². The second-order valence-electron chi connectivity index (χ2n) is 9.94. The van der Waals surface area contributed by atoms with Gasteiger partial charge in [-0.05, 0) is 56.0 Å². The summed E-state index contributed by atoms with van der Waals surface area (Å²) < 4.78 is 41.4. The maximum Gasteiger partial charge on any atom is 0.243 e. The summed E-state index contributed by atoms with van der Waals surface area (Å²) in [5.74, 6) is -1.15. The Morgan fingerprint density at radius 3 is 2.30 bits per heavy atom. The predicted molar refractivity (Wildman–Crippen MR) is 157 cm³/mol. The molecule has 0 aromatic heterocycles. The molecule has 0 bridgehead atoms. The third-order valence-corrected chi connectivity index (χ3v) is 7.89. The standard InChI is InChI=1S/C31H38FN3O4S/c1-5-33-31(37)29(21-25-12-7-6-8-13-25)34(22-26-14-9-10-15-27(26)32)30(36)16-11-19-35(40(4,38)39)28-20-23(2)17-18-24(28)3/h6-10,12-15,17-18,20,29H,5,11,16,19,21-22H2,1-4H3,(H,33,37)/t29-/m1/s1. The molecule has 7 nitrogen and oxygen atoms in total. The second-order valence-corrected chi connectivity index (χ2v) is 11.8. The fourth-order valence-electron chi connectivity index (χ4n) is 4.63. The largest absolute Gasteiger partial charge is 0.355 e. The molecule has 0 spiro atoms. The van der Waals surface area contributed by atoms with E-state index < -0.39 is 21.9 Å². The van der Waals surface area contributed by atoms with Gasteiger partial charge in [0.15, 0.2) is 0 Å². The molecule has 1 atom stereocenters. The van der Waals surface area contributed by atoms with Crippen LogP contribution < -0.4 is 9.62 Å². The molecule has 0 radical (unpaired) electrons. The lowest BCUT2D eigenvalue weighted by molar-refractivity contribution is -0.141. The Hall–Kier alpha value is -3.72. The van der Waals surface area contributed by atoms with Crippen LogP contribution in [0.15, 0.2) is 72.8 Å². The molecule has 0 saturated heterocycles. The SMILES string of the molecule is CCNC(=O)[C@@H](Cc1ccccc1)N(Cc1ccccc1F)C(=O)CCCN(c1cc(C)ccc1C)S(C)(=O)=O. The fourth-order valence-corrected chi connectivity index (χ4v) is 5.64. The van der Waals surface area contributed by atoms with Gasteiger partial charge in [0.1, 0.15) is 11.9 Å². The zero-order valence-electron chi connectivity index (χ0n) is 23.6. The van der Waals surface area contributed by atoms with Gasteiger partial charge in [-0.2, -0.15) is 0 Å². The number of carbonyl (C=O) groups is 2. The van der Waals surface area contributed by atoms with Gasteiger partial charge in [-0.15, -0.1) is 0 Å². The first kappa shape index (κ1) is 30.8. The highest BCUT2D eigenvalue weighted by molar-refractivity contribution is 7.92. The smallest absolute Gasteiger partial charge is 0.243 e. The van der Waals surface area contributed by atoms with E-state index in [1.165, 1.54) is 15.3 Å². The number of likely N-dealkylation sites (N-methyl/N-ethyl adjacent to an activating group) is 1. The zero-order valence-corrected chi connectivity index (χ0v) is 24.4. The number of rotatable bonds is 13. The number of nitrogens with one attached hydrogen (secondary N) is 1. The van der Waals surface area contributed by atoms with Crippen LogP contribution in [0.3, 0.4) is 0 Å². The summed E-state index contributed by atoms with van der Waals surface area (Å²) in [4.78, 5) is 28.4. The average Bonchev–Trinajstić information content (AvgIpc) is 2.91. The summed E-state index contributed by atoms with van der Waals surface area (Å²) in [6.45, 7) is 5.91. The lowest BCUT2D eigenvalue weighted by Crippen LogP contribution is -2.50. The number of sulfonamides is 1. The van der Waals surface area contributed by atoms with Crippen molar-refractivity contribution in [1.82, 2.24) is 10.2 Å². The van der Waals surface area contributed by atoms with E-state index in [1.54, 1.807) is 25.1 Å². The van der Waals surface area contributed by atoms with Crippen LogP contribution in [0.4, 0.5) is 10.1 Å². The molecule has 0 aliphatic heterocycles. The van der Waals surface area contributed by atoms with E-state index in [0.717, 1.165) is 22.9 Å². The third-order valence-electron chi connectivity index (χ3n) is 6.71. The molecule has 3 aromatic rings. The van der Waals surface area contributed by atoms with Crippen molar-refractivity contribution in [3.05, 3.63) is 101 Å². The quantitative estimate of drug-likeness (QED) is 0.323. The van der Waals surface area contributed by atoms with E-state index in [-0.39, 0.29) is 44.2 Å². The fraction of sp³-hybridized carbons (Fsp3) is 0.355. The molecule has 0 unspecified atom stereocenters. The maximum absolute atomic E-state index is 14.7. The molecule has 1 N–H and O–H groups in total. The Bertz CT molecular complexity index is 1410. The highest BCUT2D eigenvalue weighted by Crippen LogP contribution is 2.25. The van der Waals surface area contributed by atoms with E-state index in [1.807, 2.05) is 62.4 Å². The minimum Gasteiger partial charge on any atom is -0.355 e. The number of hydrogen-bond acceptors (Lipinski definition) is 4. The van der Waals surface area contributed by atoms with Gasteiger partial charge in [-0.3, -0.25) is 13.9 Å². The Morgan fingerprint density at radius 2 is 1.65 bits per heavy atom. The normalized spacial score (nSPS) is 12.0. The van der Waals surface area contributed by atoms with Crippen LogP contribution in [0, 0.1) is 19.7 Å². The molecule has 0 saturated carbocycles. The molecule has 2 amide bonds. The zero-order chi connectivity index (χ0) is 29.3. The van der Waals surface area contributed by atoms with Crippen LogP contribution in [0.1, 0.15) is 42.0 Å². The van der Waals surface area contributed by atoms with E-state index >= 15 is 0 Å². The summed E-state index contributed by atoms with van der Waals surface area (Å²) in [5, 5.41) is 2.81. The van der Waals surface area contributed by atoms with Crippen molar-refractivity contribution in [3.8, 4) is 0 Å². The highest BCUT2D eigenvalue weighted by Gasteiger charge is 2.31. The number of amides is 2. The number of aryl methyl sites for hydroxylation is 2. The Balaban J connectivity index is 1.89. The topological polar surface area (TPSA) is 86.8 Å². The van der Waals surface area contributed by atoms with Crippen molar-refractivity contribution in [2.75, 3.05) is 23.7 Å². The van der Waals surface area contributed by atoms with Crippen molar-refractivity contribution in [2.45, 2.75) is 52.6 Å². The summed E-state index contributed by atoms with van der Waals surface area (Å²) >= 11 is 0. The summed E-state index contributed by atoms with van der Waals surface area (Å²) in [6.07, 6.45) is 1.60. The Labute approximate surface area is 237 Å². The molecular weight excluding hydrogens is 529 g/mol. The van der Waals surface area contributed by atoms with Crippen molar-refractivity contribution in [2.24, 2.45) is 0 Å². The molecule has 3 rings (SSSR count). The first-order valence-corrected chi connectivity index (χ1v) is 15.3. The number of hydrogen-bond donors (Lipinski definition) is 1.